The smallest absolute Gasteiger partial charge is 0.211 e. The van der Waals surface area contributed by atoms with Crippen LogP contribution in [-0.4, -0.2) is 47.6 Å². The molecule has 1 saturated carbocycles. The number of benzene rings is 1. The van der Waals surface area contributed by atoms with Crippen LogP contribution in [0.1, 0.15) is 42.5 Å². The third-order valence-corrected chi connectivity index (χ3v) is 7.25. The fourth-order valence-corrected chi connectivity index (χ4v) is 5.75. The van der Waals surface area contributed by atoms with E-state index in [2.05, 4.69) is 4.90 Å². The normalized spacial score (nSPS) is 21.8. The molecule has 2 nitrogen and oxygen atoms in total. The quantitative estimate of drug-likeness (QED) is 0.613. The van der Waals surface area contributed by atoms with Crippen LogP contribution in [0.5, 0.6) is 0 Å². The van der Waals surface area contributed by atoms with Gasteiger partial charge in [0.1, 0.15) is 11.5 Å². The lowest BCUT2D eigenvalue weighted by Gasteiger charge is -2.31. The Labute approximate surface area is 137 Å². The third-order valence-electron chi connectivity index (χ3n) is 5.06. The lowest BCUT2D eigenvalue weighted by Crippen LogP contribution is -2.44. The summed E-state index contributed by atoms with van der Waals surface area (Å²) in [6.07, 6.45) is 7.20. The largest absolute Gasteiger partial charge is 0.294 e. The molecule has 1 aromatic rings. The predicted octanol–water partition coefficient (Wildman–Crippen LogP) is 3.38. The van der Waals surface area contributed by atoms with Crippen molar-refractivity contribution in [3.05, 3.63) is 35.9 Å². The lowest BCUT2D eigenvalue weighted by atomic mass is 9.89. The number of hydrogen-bond acceptors (Lipinski definition) is 2. The molecule has 0 N–H and O–H groups in total. The first kappa shape index (κ1) is 16.1. The molecule has 2 fully saturated rings. The zero-order valence-electron chi connectivity index (χ0n) is 13.5. The van der Waals surface area contributed by atoms with Gasteiger partial charge in [0.15, 0.2) is 5.75 Å². The van der Waals surface area contributed by atoms with E-state index in [0.717, 1.165) is 17.2 Å². The van der Waals surface area contributed by atoms with Crippen molar-refractivity contribution >= 4 is 16.7 Å². The summed E-state index contributed by atoms with van der Waals surface area (Å²) in [5.41, 5.74) is 0.889. The first-order valence-electron chi connectivity index (χ1n) is 8.76. The molecule has 0 spiro atoms. The number of rotatable bonds is 5. The van der Waals surface area contributed by atoms with E-state index < -0.39 is 0 Å². The van der Waals surface area contributed by atoms with Gasteiger partial charge in [-0.15, -0.1) is 0 Å². The van der Waals surface area contributed by atoms with Crippen LogP contribution in [0.4, 0.5) is 0 Å². The zero-order chi connectivity index (χ0) is 15.2. The standard InChI is InChI=1S/C19H28NOS/c21-19(18-9-5-2-6-10-18)16-22-13-11-20(12-14-22)15-17-7-3-1-4-8-17/h2,5-6,9-10,17H,1,3-4,7-8,11-16H2/q+1. The minimum atomic E-state index is 0.306. The maximum absolute atomic E-state index is 12.3. The van der Waals surface area contributed by atoms with Gasteiger partial charge in [0, 0.05) is 25.2 Å². The predicted molar refractivity (Wildman–Crippen MR) is 95.8 cm³/mol. The van der Waals surface area contributed by atoms with Crippen LogP contribution in [0, 0.1) is 5.92 Å². The van der Waals surface area contributed by atoms with E-state index in [4.69, 9.17) is 0 Å². The second kappa shape index (κ2) is 8.16. The van der Waals surface area contributed by atoms with Crippen LogP contribution in [0.2, 0.25) is 0 Å². The molecule has 0 bridgehead atoms. The summed E-state index contributed by atoms with van der Waals surface area (Å²) in [5.74, 6) is 4.50. The first-order chi connectivity index (χ1) is 10.8. The first-order valence-corrected chi connectivity index (χ1v) is 10.5. The van der Waals surface area contributed by atoms with Crippen molar-refractivity contribution in [1.82, 2.24) is 4.90 Å². The number of Topliss-reactive ketones (excluding diaryl/α,β-unsaturated/α-hetero) is 1. The summed E-state index contributed by atoms with van der Waals surface area (Å²) < 4.78 is 0. The van der Waals surface area contributed by atoms with Gasteiger partial charge in [0.25, 0.3) is 0 Å². The van der Waals surface area contributed by atoms with Crippen LogP contribution < -0.4 is 0 Å². The molecule has 3 rings (SSSR count). The van der Waals surface area contributed by atoms with Crippen LogP contribution >= 0.6 is 0 Å². The fourth-order valence-electron chi connectivity index (χ4n) is 3.68. The molecule has 120 valence electrons. The van der Waals surface area contributed by atoms with Gasteiger partial charge in [0.05, 0.1) is 0 Å². The molecule has 0 aromatic heterocycles. The summed E-state index contributed by atoms with van der Waals surface area (Å²) in [6.45, 7) is 3.73. The molecule has 1 heterocycles. The molecule has 1 aromatic carbocycles. The van der Waals surface area contributed by atoms with Gasteiger partial charge >= 0.3 is 0 Å². The van der Waals surface area contributed by atoms with Crippen molar-refractivity contribution in [1.29, 1.82) is 0 Å². The van der Waals surface area contributed by atoms with Crippen molar-refractivity contribution in [3.63, 3.8) is 0 Å². The highest BCUT2D eigenvalue weighted by Crippen LogP contribution is 2.25. The summed E-state index contributed by atoms with van der Waals surface area (Å²) in [4.78, 5) is 15.0. The summed E-state index contributed by atoms with van der Waals surface area (Å²) in [6, 6.07) is 9.80. The van der Waals surface area contributed by atoms with E-state index in [0.29, 0.717) is 16.7 Å². The Morgan fingerprint density at radius 2 is 1.73 bits per heavy atom. The van der Waals surface area contributed by atoms with Crippen molar-refractivity contribution in [2.75, 3.05) is 36.9 Å². The van der Waals surface area contributed by atoms with Crippen molar-refractivity contribution in [2.45, 2.75) is 32.1 Å². The molecule has 3 heteroatoms. The van der Waals surface area contributed by atoms with Gasteiger partial charge < -0.3 is 0 Å². The summed E-state index contributed by atoms with van der Waals surface area (Å²) >= 11 is 0. The highest BCUT2D eigenvalue weighted by atomic mass is 32.2. The van der Waals surface area contributed by atoms with Gasteiger partial charge in [0.2, 0.25) is 5.78 Å². The van der Waals surface area contributed by atoms with Gasteiger partial charge in [-0.25, -0.2) is 0 Å². The number of nitrogens with zero attached hydrogens (tertiary/aromatic N) is 1. The Hall–Kier alpha value is -0.800. The van der Waals surface area contributed by atoms with E-state index in [1.807, 2.05) is 30.3 Å². The summed E-state index contributed by atoms with van der Waals surface area (Å²) in [7, 11) is 0.306. The minimum Gasteiger partial charge on any atom is -0.294 e. The van der Waals surface area contributed by atoms with Crippen molar-refractivity contribution in [3.8, 4) is 0 Å². The lowest BCUT2D eigenvalue weighted by molar-refractivity contribution is 0.102. The average molecular weight is 319 g/mol. The van der Waals surface area contributed by atoms with Gasteiger partial charge in [-0.2, -0.15) is 0 Å². The van der Waals surface area contributed by atoms with Crippen molar-refractivity contribution < 1.29 is 4.79 Å². The molecule has 0 amide bonds. The van der Waals surface area contributed by atoms with Gasteiger partial charge in [-0.1, -0.05) is 49.6 Å². The Kier molecular flexibility index (Phi) is 5.96. The second-order valence-electron chi connectivity index (χ2n) is 6.76. The Balaban J connectivity index is 1.41. The van der Waals surface area contributed by atoms with Gasteiger partial charge in [-0.3, -0.25) is 9.69 Å². The van der Waals surface area contributed by atoms with E-state index >= 15 is 0 Å². The number of hydrogen-bond donors (Lipinski definition) is 0. The van der Waals surface area contributed by atoms with E-state index in [-0.39, 0.29) is 0 Å². The Morgan fingerprint density at radius 3 is 2.41 bits per heavy atom. The third kappa shape index (κ3) is 4.60. The van der Waals surface area contributed by atoms with Crippen LogP contribution in [0.15, 0.2) is 30.3 Å². The SMILES string of the molecule is O=C(C[S+]1CCN(CC2CCCCC2)CC1)c1ccccc1. The number of carbonyl (C=O) groups excluding carboxylic acids is 1. The van der Waals surface area contributed by atoms with Crippen LogP contribution in [-0.2, 0) is 10.9 Å². The molecule has 1 aliphatic carbocycles. The Morgan fingerprint density at radius 1 is 1.05 bits per heavy atom. The molecule has 0 atom stereocenters. The topological polar surface area (TPSA) is 20.3 Å². The highest BCUT2D eigenvalue weighted by molar-refractivity contribution is 7.97. The Bertz CT molecular complexity index is 462. The molecular formula is C19H28NOS+. The maximum atomic E-state index is 12.3. The molecule has 1 aliphatic heterocycles. The zero-order valence-corrected chi connectivity index (χ0v) is 14.3. The molecular weight excluding hydrogens is 290 g/mol. The second-order valence-corrected chi connectivity index (χ2v) is 9.09. The molecule has 0 unspecified atom stereocenters. The maximum Gasteiger partial charge on any atom is 0.211 e. The molecule has 2 aliphatic rings. The average Bonchev–Trinajstić information content (AvgIpc) is 2.58. The van der Waals surface area contributed by atoms with E-state index in [1.165, 1.54) is 63.2 Å². The minimum absolute atomic E-state index is 0.306. The highest BCUT2D eigenvalue weighted by Gasteiger charge is 2.30. The van der Waals surface area contributed by atoms with Crippen LogP contribution in [0.25, 0.3) is 0 Å². The summed E-state index contributed by atoms with van der Waals surface area (Å²) in [5, 5.41) is 0. The van der Waals surface area contributed by atoms with E-state index in [1.54, 1.807) is 0 Å². The van der Waals surface area contributed by atoms with Gasteiger partial charge in [-0.05, 0) is 29.7 Å². The monoisotopic (exact) mass is 318 g/mol. The molecule has 22 heavy (non-hydrogen) atoms. The van der Waals surface area contributed by atoms with E-state index in [9.17, 15) is 4.79 Å². The number of carbonyl (C=O) groups is 1. The fraction of sp³-hybridized carbons (Fsp3) is 0.632. The number of ketones is 1. The van der Waals surface area contributed by atoms with Crippen molar-refractivity contribution in [2.24, 2.45) is 5.92 Å². The molecule has 1 saturated heterocycles. The van der Waals surface area contributed by atoms with Crippen LogP contribution in [0.3, 0.4) is 0 Å². The molecule has 0 radical (unpaired) electrons.